The molecule has 1 aliphatic rings. The smallest absolute Gasteiger partial charge is 0.387 e. The van der Waals surface area contributed by atoms with Crippen LogP contribution in [0.15, 0.2) is 23.2 Å². The highest BCUT2D eigenvalue weighted by molar-refractivity contribution is 8.00. The van der Waals surface area contributed by atoms with E-state index < -0.39 is 6.61 Å². The number of nitrogens with zero attached hydrogens (tertiary/aromatic N) is 1. The second kappa shape index (κ2) is 9.17. The number of thioether (sulfide) groups is 1. The molecule has 1 aromatic rings. The van der Waals surface area contributed by atoms with E-state index in [-0.39, 0.29) is 5.75 Å². The second-order valence-corrected chi connectivity index (χ2v) is 6.92. The van der Waals surface area contributed by atoms with E-state index in [0.717, 1.165) is 6.54 Å². The first-order chi connectivity index (χ1) is 11.1. The molecule has 1 heterocycles. The Bertz CT molecular complexity index is 539. The predicted molar refractivity (Wildman–Crippen MR) is 91.8 cm³/mol. The van der Waals surface area contributed by atoms with Crippen molar-refractivity contribution in [1.82, 2.24) is 10.6 Å². The summed E-state index contributed by atoms with van der Waals surface area (Å²) in [5.74, 6) is 1.94. The Hall–Kier alpha value is -1.21. The van der Waals surface area contributed by atoms with Gasteiger partial charge in [-0.05, 0) is 36.8 Å². The molecular weight excluding hydrogens is 344 g/mol. The van der Waals surface area contributed by atoms with Gasteiger partial charge in [0.2, 0.25) is 0 Å². The summed E-state index contributed by atoms with van der Waals surface area (Å²) in [6.45, 7) is -1.74. The maximum absolute atomic E-state index is 12.4. The summed E-state index contributed by atoms with van der Waals surface area (Å²) in [5.41, 5.74) is 0.552. The molecule has 128 valence electrons. The van der Waals surface area contributed by atoms with Crippen molar-refractivity contribution in [3.8, 4) is 5.75 Å². The maximum atomic E-state index is 12.4. The maximum Gasteiger partial charge on any atom is 0.387 e. The van der Waals surface area contributed by atoms with Crippen molar-refractivity contribution >= 4 is 29.3 Å². The van der Waals surface area contributed by atoms with Crippen LogP contribution in [0.1, 0.15) is 18.4 Å². The van der Waals surface area contributed by atoms with Gasteiger partial charge in [0.1, 0.15) is 5.75 Å². The molecule has 2 rings (SSSR count). The van der Waals surface area contributed by atoms with Crippen LogP contribution in [-0.2, 0) is 6.54 Å². The van der Waals surface area contributed by atoms with E-state index in [1.807, 2.05) is 11.8 Å². The normalized spacial score (nSPS) is 18.3. The van der Waals surface area contributed by atoms with Crippen LogP contribution in [0.4, 0.5) is 8.78 Å². The molecule has 0 saturated carbocycles. The Kier molecular flexibility index (Phi) is 7.23. The van der Waals surface area contributed by atoms with Crippen molar-refractivity contribution in [2.75, 3.05) is 19.3 Å². The van der Waals surface area contributed by atoms with Crippen LogP contribution in [0.3, 0.4) is 0 Å². The predicted octanol–water partition coefficient (Wildman–Crippen LogP) is 3.50. The summed E-state index contributed by atoms with van der Waals surface area (Å²) in [7, 11) is 1.67. The lowest BCUT2D eigenvalue weighted by Crippen LogP contribution is -2.39. The van der Waals surface area contributed by atoms with Gasteiger partial charge in [-0.2, -0.15) is 20.5 Å². The molecule has 1 aromatic carbocycles. The first kappa shape index (κ1) is 18.1. The zero-order chi connectivity index (χ0) is 16.7. The summed E-state index contributed by atoms with van der Waals surface area (Å²) in [6.07, 6.45) is 2.45. The monoisotopic (exact) mass is 363 g/mol. The lowest BCUT2D eigenvalue weighted by atomic mass is 10.2. The van der Waals surface area contributed by atoms with Gasteiger partial charge in [0.25, 0.3) is 0 Å². The highest BCUT2D eigenvalue weighted by Crippen LogP contribution is 2.25. The van der Waals surface area contributed by atoms with E-state index >= 15 is 0 Å². The Morgan fingerprint density at radius 2 is 2.30 bits per heavy atom. The van der Waals surface area contributed by atoms with E-state index in [1.165, 1.54) is 30.7 Å². The van der Waals surface area contributed by atoms with Crippen molar-refractivity contribution in [2.24, 2.45) is 4.99 Å². The molecule has 0 bridgehead atoms. The fourth-order valence-electron chi connectivity index (χ4n) is 2.31. The molecule has 4 nitrogen and oxygen atoms in total. The molecule has 1 unspecified atom stereocenters. The second-order valence-electron chi connectivity index (χ2n) is 5.07. The molecular formula is C15H20ClF2N3OS. The first-order valence-corrected chi connectivity index (χ1v) is 8.80. The molecule has 8 heteroatoms. The van der Waals surface area contributed by atoms with Gasteiger partial charge in [-0.15, -0.1) is 0 Å². The Labute approximate surface area is 144 Å². The highest BCUT2D eigenvalue weighted by Gasteiger charge is 2.16. The van der Waals surface area contributed by atoms with Crippen molar-refractivity contribution < 1.29 is 13.5 Å². The molecule has 0 radical (unpaired) electrons. The molecule has 1 fully saturated rings. The fraction of sp³-hybridized carbons (Fsp3) is 0.533. The Morgan fingerprint density at radius 3 is 2.96 bits per heavy atom. The lowest BCUT2D eigenvalue weighted by Gasteiger charge is -2.16. The van der Waals surface area contributed by atoms with Gasteiger partial charge in [-0.25, -0.2) is 0 Å². The van der Waals surface area contributed by atoms with E-state index in [2.05, 4.69) is 20.4 Å². The van der Waals surface area contributed by atoms with E-state index in [1.54, 1.807) is 13.1 Å². The number of guanidine groups is 1. The van der Waals surface area contributed by atoms with Crippen LogP contribution in [0, 0.1) is 0 Å². The van der Waals surface area contributed by atoms with E-state index in [0.29, 0.717) is 28.3 Å². The number of hydrogen-bond acceptors (Lipinski definition) is 3. The van der Waals surface area contributed by atoms with Gasteiger partial charge >= 0.3 is 6.61 Å². The van der Waals surface area contributed by atoms with Crippen LogP contribution >= 0.6 is 23.4 Å². The molecule has 0 aromatic heterocycles. The highest BCUT2D eigenvalue weighted by atomic mass is 35.5. The van der Waals surface area contributed by atoms with Gasteiger partial charge in [0, 0.05) is 36.0 Å². The minimum Gasteiger partial charge on any atom is -0.434 e. The third kappa shape index (κ3) is 6.06. The topological polar surface area (TPSA) is 45.7 Å². The summed E-state index contributed by atoms with van der Waals surface area (Å²) in [6, 6.07) is 4.57. The molecule has 1 saturated heterocycles. The SMILES string of the molecule is CN=C(NCc1cc(Cl)ccc1OC(F)F)NCC1CCCS1. The molecule has 0 amide bonds. The van der Waals surface area contributed by atoms with Crippen molar-refractivity contribution in [2.45, 2.75) is 31.2 Å². The van der Waals surface area contributed by atoms with Crippen LogP contribution in [0.2, 0.25) is 5.02 Å². The van der Waals surface area contributed by atoms with Gasteiger partial charge in [-0.1, -0.05) is 11.6 Å². The van der Waals surface area contributed by atoms with E-state index in [9.17, 15) is 8.78 Å². The van der Waals surface area contributed by atoms with E-state index in [4.69, 9.17) is 11.6 Å². The summed E-state index contributed by atoms with van der Waals surface area (Å²) in [4.78, 5) is 4.14. The van der Waals surface area contributed by atoms with Gasteiger partial charge in [0.05, 0.1) is 0 Å². The number of alkyl halides is 2. The minimum absolute atomic E-state index is 0.110. The van der Waals surface area contributed by atoms with Crippen molar-refractivity contribution in [3.63, 3.8) is 0 Å². The third-order valence-corrected chi connectivity index (χ3v) is 5.06. The third-order valence-electron chi connectivity index (χ3n) is 3.43. The van der Waals surface area contributed by atoms with Crippen LogP contribution in [0.25, 0.3) is 0 Å². The van der Waals surface area contributed by atoms with Crippen LogP contribution in [-0.4, -0.2) is 37.2 Å². The van der Waals surface area contributed by atoms with Crippen molar-refractivity contribution in [3.05, 3.63) is 28.8 Å². The van der Waals surface area contributed by atoms with Crippen molar-refractivity contribution in [1.29, 1.82) is 0 Å². The number of benzene rings is 1. The van der Waals surface area contributed by atoms with Gasteiger partial charge in [-0.3, -0.25) is 4.99 Å². The zero-order valence-electron chi connectivity index (χ0n) is 12.8. The van der Waals surface area contributed by atoms with Gasteiger partial charge in [0.15, 0.2) is 5.96 Å². The Balaban J connectivity index is 1.91. The zero-order valence-corrected chi connectivity index (χ0v) is 14.4. The summed E-state index contributed by atoms with van der Waals surface area (Å²) >= 11 is 7.88. The molecule has 1 atom stereocenters. The minimum atomic E-state index is -2.87. The summed E-state index contributed by atoms with van der Waals surface area (Å²) in [5, 5.41) is 7.41. The number of rotatable bonds is 6. The number of aliphatic imine (C=N–C) groups is 1. The quantitative estimate of drug-likeness (QED) is 0.600. The lowest BCUT2D eigenvalue weighted by molar-refractivity contribution is -0.0504. The molecule has 1 aliphatic heterocycles. The molecule has 0 spiro atoms. The van der Waals surface area contributed by atoms with Crippen LogP contribution in [0.5, 0.6) is 5.75 Å². The summed E-state index contributed by atoms with van der Waals surface area (Å²) < 4.78 is 29.4. The Morgan fingerprint density at radius 1 is 1.48 bits per heavy atom. The average molecular weight is 364 g/mol. The molecule has 2 N–H and O–H groups in total. The standard InChI is InChI=1S/C15H20ClF2N3OS/c1-19-15(21-9-12-3-2-6-23-12)20-8-10-7-11(16)4-5-13(10)22-14(17)18/h4-5,7,12,14H,2-3,6,8-9H2,1H3,(H2,19,20,21). The van der Waals surface area contributed by atoms with Gasteiger partial charge < -0.3 is 15.4 Å². The number of halogens is 3. The molecule has 0 aliphatic carbocycles. The fourth-order valence-corrected chi connectivity index (χ4v) is 3.71. The van der Waals surface area contributed by atoms with Crippen LogP contribution < -0.4 is 15.4 Å². The number of nitrogens with one attached hydrogen (secondary N) is 2. The largest absolute Gasteiger partial charge is 0.434 e. The first-order valence-electron chi connectivity index (χ1n) is 7.38. The number of ether oxygens (including phenoxy) is 1. The number of hydrogen-bond donors (Lipinski definition) is 2. The average Bonchev–Trinajstić information content (AvgIpc) is 3.03. The molecule has 23 heavy (non-hydrogen) atoms.